The van der Waals surface area contributed by atoms with Crippen LogP contribution in [-0.2, 0) is 0 Å². The van der Waals surface area contributed by atoms with Crippen molar-refractivity contribution in [2.75, 3.05) is 5.32 Å². The summed E-state index contributed by atoms with van der Waals surface area (Å²) in [5.41, 5.74) is 2.22. The van der Waals surface area contributed by atoms with Gasteiger partial charge in [0.05, 0.1) is 0 Å². The first-order chi connectivity index (χ1) is 9.53. The predicted molar refractivity (Wildman–Crippen MR) is 81.0 cm³/mol. The molecule has 1 N–H and O–H groups in total. The minimum atomic E-state index is 0.250. The lowest BCUT2D eigenvalue weighted by Gasteiger charge is -2.56. The number of halogens is 1. The molecule has 0 radical (unpaired) electrons. The van der Waals surface area contributed by atoms with Gasteiger partial charge in [-0.15, -0.1) is 0 Å². The molecule has 4 bridgehead atoms. The molecule has 4 fully saturated rings. The highest BCUT2D eigenvalue weighted by molar-refractivity contribution is 6.30. The molecule has 4 aliphatic rings. The fraction of sp³-hybridized carbons (Fsp3) is 0.750. The van der Waals surface area contributed by atoms with Gasteiger partial charge in [-0.05, 0) is 70.1 Å². The van der Waals surface area contributed by atoms with Gasteiger partial charge in [-0.3, -0.25) is 0 Å². The Bertz CT molecular complexity index is 496. The average molecular weight is 292 g/mol. The third-order valence-electron chi connectivity index (χ3n) is 5.75. The average Bonchev–Trinajstić information content (AvgIpc) is 2.33. The number of hydrogen-bond acceptors (Lipinski definition) is 3. The number of hydrogen-bond donors (Lipinski definition) is 1. The lowest BCUT2D eigenvalue weighted by atomic mass is 9.53. The van der Waals surface area contributed by atoms with Crippen LogP contribution in [0.5, 0.6) is 0 Å². The summed E-state index contributed by atoms with van der Waals surface area (Å²) in [4.78, 5) is 9.06. The predicted octanol–water partition coefficient (Wildman–Crippen LogP) is 4.13. The molecule has 0 saturated heterocycles. The molecular formula is C16H22ClN3. The van der Waals surface area contributed by atoms with E-state index in [2.05, 4.69) is 15.3 Å². The van der Waals surface area contributed by atoms with Crippen LogP contribution in [0.1, 0.15) is 49.8 Å². The molecule has 5 rings (SSSR count). The second kappa shape index (κ2) is 4.33. The number of nitrogens with zero attached hydrogens (tertiary/aromatic N) is 2. The first-order valence-electron chi connectivity index (χ1n) is 7.82. The first-order valence-corrected chi connectivity index (χ1v) is 8.20. The summed E-state index contributed by atoms with van der Waals surface area (Å²) in [5.74, 6) is 3.52. The second-order valence-corrected chi connectivity index (χ2v) is 7.73. The minimum absolute atomic E-state index is 0.250. The molecular weight excluding hydrogens is 270 g/mol. The summed E-state index contributed by atoms with van der Waals surface area (Å²) in [5, 5.41) is 4.28. The topological polar surface area (TPSA) is 37.8 Å². The first kappa shape index (κ1) is 12.9. The summed E-state index contributed by atoms with van der Waals surface area (Å²) in [6.45, 7) is 3.99. The fourth-order valence-electron chi connectivity index (χ4n) is 5.15. The standard InChI is InChI=1S/C16H22ClN3/c1-9-10(2)18-15(19-14(9)17)20-16-6-11-3-12(7-16)5-13(4-11)8-16/h11-13H,3-8H2,1-2H3,(H,18,19,20). The third kappa shape index (κ3) is 2.02. The molecule has 0 amide bonds. The van der Waals surface area contributed by atoms with Gasteiger partial charge in [0.15, 0.2) is 0 Å². The molecule has 108 valence electrons. The maximum absolute atomic E-state index is 6.21. The van der Waals surface area contributed by atoms with Crippen molar-refractivity contribution in [1.82, 2.24) is 9.97 Å². The van der Waals surface area contributed by atoms with Crippen molar-refractivity contribution < 1.29 is 0 Å². The van der Waals surface area contributed by atoms with E-state index in [0.717, 1.165) is 35.0 Å². The summed E-state index contributed by atoms with van der Waals surface area (Å²) in [7, 11) is 0. The van der Waals surface area contributed by atoms with E-state index in [1.807, 2.05) is 13.8 Å². The smallest absolute Gasteiger partial charge is 0.224 e. The van der Waals surface area contributed by atoms with Gasteiger partial charge in [0.1, 0.15) is 5.15 Å². The molecule has 4 aliphatic carbocycles. The molecule has 0 aliphatic heterocycles. The zero-order valence-electron chi connectivity index (χ0n) is 12.2. The number of anilines is 1. The van der Waals surface area contributed by atoms with Gasteiger partial charge in [0, 0.05) is 16.8 Å². The highest BCUT2D eigenvalue weighted by Crippen LogP contribution is 2.56. The van der Waals surface area contributed by atoms with Crippen molar-refractivity contribution in [3.8, 4) is 0 Å². The van der Waals surface area contributed by atoms with E-state index in [1.54, 1.807) is 0 Å². The van der Waals surface area contributed by atoms with Crippen LogP contribution >= 0.6 is 11.6 Å². The molecule has 3 nitrogen and oxygen atoms in total. The van der Waals surface area contributed by atoms with Crippen LogP contribution in [0, 0.1) is 31.6 Å². The second-order valence-electron chi connectivity index (χ2n) is 7.37. The highest BCUT2D eigenvalue weighted by atomic mass is 35.5. The minimum Gasteiger partial charge on any atom is -0.349 e. The molecule has 0 aromatic carbocycles. The Morgan fingerprint density at radius 1 is 1.00 bits per heavy atom. The Morgan fingerprint density at radius 3 is 2.05 bits per heavy atom. The van der Waals surface area contributed by atoms with Crippen molar-refractivity contribution in [1.29, 1.82) is 0 Å². The summed E-state index contributed by atoms with van der Waals surface area (Å²) in [6.07, 6.45) is 8.26. The molecule has 0 atom stereocenters. The SMILES string of the molecule is Cc1nc(NC23CC4CC(CC(C4)C2)C3)nc(Cl)c1C. The Balaban J connectivity index is 1.63. The van der Waals surface area contributed by atoms with Crippen molar-refractivity contribution in [2.45, 2.75) is 57.9 Å². The van der Waals surface area contributed by atoms with Gasteiger partial charge in [-0.1, -0.05) is 11.6 Å². The quantitative estimate of drug-likeness (QED) is 0.833. The Morgan fingerprint density at radius 2 is 1.55 bits per heavy atom. The normalized spacial score (nSPS) is 38.2. The highest BCUT2D eigenvalue weighted by Gasteiger charge is 2.51. The number of aromatic nitrogens is 2. The fourth-order valence-corrected chi connectivity index (χ4v) is 5.37. The zero-order chi connectivity index (χ0) is 13.9. The van der Waals surface area contributed by atoms with Gasteiger partial charge in [0.2, 0.25) is 5.95 Å². The molecule has 1 aromatic rings. The van der Waals surface area contributed by atoms with Gasteiger partial charge < -0.3 is 5.32 Å². The maximum atomic E-state index is 6.21. The van der Waals surface area contributed by atoms with E-state index < -0.39 is 0 Å². The molecule has 0 unspecified atom stereocenters. The van der Waals surface area contributed by atoms with Crippen molar-refractivity contribution in [3.05, 3.63) is 16.4 Å². The summed E-state index contributed by atoms with van der Waals surface area (Å²) >= 11 is 6.21. The molecule has 1 heterocycles. The van der Waals surface area contributed by atoms with E-state index in [9.17, 15) is 0 Å². The van der Waals surface area contributed by atoms with Crippen LogP contribution in [0.25, 0.3) is 0 Å². The van der Waals surface area contributed by atoms with E-state index in [0.29, 0.717) is 5.15 Å². The van der Waals surface area contributed by atoms with E-state index in [4.69, 9.17) is 11.6 Å². The maximum Gasteiger partial charge on any atom is 0.224 e. The van der Waals surface area contributed by atoms with Crippen LogP contribution in [0.2, 0.25) is 5.15 Å². The van der Waals surface area contributed by atoms with Crippen LogP contribution in [0.15, 0.2) is 0 Å². The monoisotopic (exact) mass is 291 g/mol. The number of rotatable bonds is 2. The van der Waals surface area contributed by atoms with Gasteiger partial charge in [-0.2, -0.15) is 0 Å². The van der Waals surface area contributed by atoms with E-state index in [-0.39, 0.29) is 5.54 Å². The molecule has 0 spiro atoms. The van der Waals surface area contributed by atoms with Crippen molar-refractivity contribution in [3.63, 3.8) is 0 Å². The Hall–Kier alpha value is -0.830. The summed E-state index contributed by atoms with van der Waals surface area (Å²) < 4.78 is 0. The number of nitrogens with one attached hydrogen (secondary N) is 1. The van der Waals surface area contributed by atoms with E-state index >= 15 is 0 Å². The third-order valence-corrected chi connectivity index (χ3v) is 6.11. The van der Waals surface area contributed by atoms with Crippen LogP contribution < -0.4 is 5.32 Å². The molecule has 4 heteroatoms. The molecule has 4 saturated carbocycles. The Kier molecular flexibility index (Phi) is 2.79. The van der Waals surface area contributed by atoms with Crippen LogP contribution in [-0.4, -0.2) is 15.5 Å². The lowest BCUT2D eigenvalue weighted by molar-refractivity contribution is 0.0103. The Labute approximate surface area is 125 Å². The van der Waals surface area contributed by atoms with Gasteiger partial charge in [-0.25, -0.2) is 9.97 Å². The van der Waals surface area contributed by atoms with E-state index in [1.165, 1.54) is 38.5 Å². The molecule has 20 heavy (non-hydrogen) atoms. The lowest BCUT2D eigenvalue weighted by Crippen LogP contribution is -2.55. The largest absolute Gasteiger partial charge is 0.349 e. The van der Waals surface area contributed by atoms with Gasteiger partial charge in [0.25, 0.3) is 0 Å². The summed E-state index contributed by atoms with van der Waals surface area (Å²) in [6, 6.07) is 0. The van der Waals surface area contributed by atoms with Gasteiger partial charge >= 0.3 is 0 Å². The van der Waals surface area contributed by atoms with Crippen molar-refractivity contribution in [2.24, 2.45) is 17.8 Å². The zero-order valence-corrected chi connectivity index (χ0v) is 13.0. The molecule has 1 aromatic heterocycles. The van der Waals surface area contributed by atoms with Crippen molar-refractivity contribution >= 4 is 17.5 Å². The number of aryl methyl sites for hydroxylation is 1. The van der Waals surface area contributed by atoms with Crippen LogP contribution in [0.4, 0.5) is 5.95 Å². The van der Waals surface area contributed by atoms with Crippen LogP contribution in [0.3, 0.4) is 0 Å².